The highest BCUT2D eigenvalue weighted by Crippen LogP contribution is 2.38. The van der Waals surface area contributed by atoms with Crippen LogP contribution in [-0.4, -0.2) is 18.0 Å². The van der Waals surface area contributed by atoms with Crippen LogP contribution in [0.5, 0.6) is 5.75 Å². The molecule has 23 heavy (non-hydrogen) atoms. The van der Waals surface area contributed by atoms with Crippen LogP contribution >= 0.6 is 34.8 Å². The van der Waals surface area contributed by atoms with Crippen molar-refractivity contribution in [1.29, 1.82) is 0 Å². The highest BCUT2D eigenvalue weighted by Gasteiger charge is 2.23. The Hall–Kier alpha value is -1.95. The monoisotopic (exact) mass is 370 g/mol. The Kier molecular flexibility index (Phi) is 3.88. The average Bonchev–Trinajstić information content (AvgIpc) is 2.52. The van der Waals surface area contributed by atoms with Gasteiger partial charge in [-0.05, 0) is 18.2 Å². The van der Waals surface area contributed by atoms with Crippen LogP contribution in [0.3, 0.4) is 0 Å². The van der Waals surface area contributed by atoms with E-state index in [0.717, 1.165) is 0 Å². The van der Waals surface area contributed by atoms with Gasteiger partial charge in [-0.15, -0.1) is 0 Å². The van der Waals surface area contributed by atoms with Crippen LogP contribution in [0, 0.1) is 0 Å². The van der Waals surface area contributed by atoms with Gasteiger partial charge in [0.25, 0.3) is 5.91 Å². The molecular weight excluding hydrogens is 363 g/mol. The minimum atomic E-state index is -0.867. The number of nitrogens with one attached hydrogen (secondary N) is 1. The lowest BCUT2D eigenvalue weighted by Gasteiger charge is -2.12. The maximum absolute atomic E-state index is 12.8. The number of H-pyrrole nitrogens is 1. The molecule has 0 aliphatic heterocycles. The van der Waals surface area contributed by atoms with Crippen LogP contribution in [0.1, 0.15) is 10.4 Å². The summed E-state index contributed by atoms with van der Waals surface area (Å²) in [4.78, 5) is 27.4. The van der Waals surface area contributed by atoms with E-state index in [0.29, 0.717) is 16.7 Å². The smallest absolute Gasteiger partial charge is 0.251 e. The van der Waals surface area contributed by atoms with Crippen LogP contribution in [0.15, 0.2) is 23.0 Å². The van der Waals surface area contributed by atoms with Crippen molar-refractivity contribution >= 4 is 62.5 Å². The first kappa shape index (κ1) is 15.9. The van der Waals surface area contributed by atoms with Gasteiger partial charge in [0.05, 0.1) is 44.2 Å². The Morgan fingerprint density at radius 3 is 2.48 bits per heavy atom. The predicted octanol–water partition coefficient (Wildman–Crippen LogP) is 3.75. The standard InChI is InChI=1S/C15H9Cl3N2O3/c1-23-5-2-3-7-6(4-5)14(21)9-10(16)8(15(19)22)11(17)12(18)13(9)20-7/h2-4H,1H3,(H2,19,22)(H,20,21). The van der Waals surface area contributed by atoms with E-state index in [2.05, 4.69) is 4.98 Å². The topological polar surface area (TPSA) is 85.2 Å². The number of hydrogen-bond donors (Lipinski definition) is 2. The van der Waals surface area contributed by atoms with E-state index >= 15 is 0 Å². The van der Waals surface area contributed by atoms with Gasteiger partial charge in [0.1, 0.15) is 5.75 Å². The predicted molar refractivity (Wildman–Crippen MR) is 92.2 cm³/mol. The van der Waals surface area contributed by atoms with Gasteiger partial charge in [-0.1, -0.05) is 34.8 Å². The van der Waals surface area contributed by atoms with E-state index < -0.39 is 11.3 Å². The third-order valence-electron chi connectivity index (χ3n) is 3.53. The number of methoxy groups -OCH3 is 1. The fraction of sp³-hybridized carbons (Fsp3) is 0.0667. The molecule has 0 unspecified atom stereocenters. The molecular formula is C15H9Cl3N2O3. The molecule has 0 spiro atoms. The second-order valence-corrected chi connectivity index (χ2v) is 5.93. The van der Waals surface area contributed by atoms with E-state index in [1.54, 1.807) is 18.2 Å². The third-order valence-corrected chi connectivity index (χ3v) is 4.76. The number of carbonyl (C=O) groups is 1. The van der Waals surface area contributed by atoms with Crippen LogP contribution in [0.25, 0.3) is 21.8 Å². The molecule has 0 fully saturated rings. The molecule has 0 atom stereocenters. The number of benzene rings is 2. The number of ether oxygens (including phenoxy) is 1. The van der Waals surface area contributed by atoms with Crippen molar-refractivity contribution < 1.29 is 9.53 Å². The quantitative estimate of drug-likeness (QED) is 0.531. The summed E-state index contributed by atoms with van der Waals surface area (Å²) in [5.74, 6) is -0.359. The average molecular weight is 372 g/mol. The molecule has 0 bridgehead atoms. The summed E-state index contributed by atoms with van der Waals surface area (Å²) in [5.41, 5.74) is 5.48. The fourth-order valence-electron chi connectivity index (χ4n) is 2.42. The summed E-state index contributed by atoms with van der Waals surface area (Å²) in [7, 11) is 1.49. The molecule has 2 aromatic carbocycles. The summed E-state index contributed by atoms with van der Waals surface area (Å²) in [6, 6.07) is 4.94. The molecule has 118 valence electrons. The van der Waals surface area contributed by atoms with Crippen molar-refractivity contribution in [3.63, 3.8) is 0 Å². The first-order valence-corrected chi connectivity index (χ1v) is 7.50. The Morgan fingerprint density at radius 2 is 1.87 bits per heavy atom. The van der Waals surface area contributed by atoms with Gasteiger partial charge in [0.2, 0.25) is 0 Å². The number of aromatic amines is 1. The molecule has 0 aliphatic rings. The fourth-order valence-corrected chi connectivity index (χ4v) is 3.36. The lowest BCUT2D eigenvalue weighted by molar-refractivity contribution is 0.100. The number of rotatable bonds is 2. The van der Waals surface area contributed by atoms with E-state index in [1.165, 1.54) is 7.11 Å². The summed E-state index contributed by atoms with van der Waals surface area (Å²) in [5, 5.41) is 0.172. The van der Waals surface area contributed by atoms with Gasteiger partial charge < -0.3 is 15.5 Å². The van der Waals surface area contributed by atoms with Gasteiger partial charge in [-0.3, -0.25) is 9.59 Å². The maximum atomic E-state index is 12.8. The number of aromatic nitrogens is 1. The normalized spacial score (nSPS) is 11.1. The summed E-state index contributed by atoms with van der Waals surface area (Å²) in [6.07, 6.45) is 0. The molecule has 3 N–H and O–H groups in total. The van der Waals surface area contributed by atoms with Gasteiger partial charge >= 0.3 is 0 Å². The molecule has 0 radical (unpaired) electrons. The van der Waals surface area contributed by atoms with E-state index in [-0.39, 0.29) is 31.5 Å². The zero-order valence-electron chi connectivity index (χ0n) is 11.7. The van der Waals surface area contributed by atoms with Crippen molar-refractivity contribution in [1.82, 2.24) is 4.98 Å². The van der Waals surface area contributed by atoms with Gasteiger partial charge in [0, 0.05) is 5.39 Å². The highest BCUT2D eigenvalue weighted by atomic mass is 35.5. The number of amides is 1. The van der Waals surface area contributed by atoms with Crippen molar-refractivity contribution in [2.24, 2.45) is 5.73 Å². The third kappa shape index (κ3) is 2.32. The minimum Gasteiger partial charge on any atom is -0.497 e. The second-order valence-electron chi connectivity index (χ2n) is 4.80. The molecule has 1 heterocycles. The summed E-state index contributed by atoms with van der Waals surface area (Å²) in [6.45, 7) is 0. The molecule has 1 amide bonds. The largest absolute Gasteiger partial charge is 0.497 e. The number of fused-ring (bicyclic) bond motifs is 2. The maximum Gasteiger partial charge on any atom is 0.251 e. The van der Waals surface area contributed by atoms with Crippen LogP contribution in [-0.2, 0) is 0 Å². The molecule has 1 aromatic heterocycles. The Balaban J connectivity index is 2.60. The summed E-state index contributed by atoms with van der Waals surface area (Å²) >= 11 is 18.4. The lowest BCUT2D eigenvalue weighted by Crippen LogP contribution is -2.15. The first-order valence-electron chi connectivity index (χ1n) is 6.36. The summed E-state index contributed by atoms with van der Waals surface area (Å²) < 4.78 is 5.12. The second kappa shape index (κ2) is 5.60. The number of hydrogen-bond acceptors (Lipinski definition) is 3. The highest BCUT2D eigenvalue weighted by molar-refractivity contribution is 6.50. The van der Waals surface area contributed by atoms with Crippen LogP contribution in [0.4, 0.5) is 0 Å². The van der Waals surface area contributed by atoms with Crippen molar-refractivity contribution in [3.8, 4) is 5.75 Å². The number of primary amides is 1. The molecule has 0 saturated heterocycles. The Morgan fingerprint density at radius 1 is 1.17 bits per heavy atom. The Bertz CT molecular complexity index is 1040. The lowest BCUT2D eigenvalue weighted by atomic mass is 10.1. The number of carbonyl (C=O) groups excluding carboxylic acids is 1. The minimum absolute atomic E-state index is 0.00897. The molecule has 0 saturated carbocycles. The Labute approximate surface area is 144 Å². The number of pyridine rings is 1. The van der Waals surface area contributed by atoms with Crippen LogP contribution in [0.2, 0.25) is 15.1 Å². The number of halogens is 3. The number of nitrogens with two attached hydrogens (primary N) is 1. The van der Waals surface area contributed by atoms with Crippen molar-refractivity contribution in [3.05, 3.63) is 49.1 Å². The van der Waals surface area contributed by atoms with E-state index in [9.17, 15) is 9.59 Å². The van der Waals surface area contributed by atoms with E-state index in [4.69, 9.17) is 45.3 Å². The van der Waals surface area contributed by atoms with Crippen molar-refractivity contribution in [2.75, 3.05) is 7.11 Å². The van der Waals surface area contributed by atoms with E-state index in [1.807, 2.05) is 0 Å². The zero-order valence-corrected chi connectivity index (χ0v) is 13.9. The molecule has 3 aromatic rings. The van der Waals surface area contributed by atoms with Gasteiger partial charge in [0.15, 0.2) is 5.43 Å². The van der Waals surface area contributed by atoms with Crippen LogP contribution < -0.4 is 15.9 Å². The molecule has 3 rings (SSSR count). The van der Waals surface area contributed by atoms with Gasteiger partial charge in [-0.25, -0.2) is 0 Å². The van der Waals surface area contributed by atoms with Crippen molar-refractivity contribution in [2.45, 2.75) is 0 Å². The molecule has 5 nitrogen and oxygen atoms in total. The molecule has 8 heteroatoms. The molecule has 0 aliphatic carbocycles. The van der Waals surface area contributed by atoms with Gasteiger partial charge in [-0.2, -0.15) is 0 Å². The first-order chi connectivity index (χ1) is 10.9. The SMILES string of the molecule is COc1ccc2[nH]c3c(Cl)c(Cl)c(C(N)=O)c(Cl)c3c(=O)c2c1. The zero-order chi connectivity index (χ0) is 16.9.